The van der Waals surface area contributed by atoms with E-state index in [9.17, 15) is 4.79 Å². The summed E-state index contributed by atoms with van der Waals surface area (Å²) in [6.07, 6.45) is 3.30. The number of nitrogens with zero attached hydrogens (tertiary/aromatic N) is 1. The van der Waals surface area contributed by atoms with Gasteiger partial charge < -0.3 is 10.6 Å². The van der Waals surface area contributed by atoms with Crippen LogP contribution in [0.4, 0.5) is 0 Å². The molecule has 4 atom stereocenters. The molecule has 0 spiro atoms. The quantitative estimate of drug-likeness (QED) is 0.679. The van der Waals surface area contributed by atoms with Crippen molar-refractivity contribution in [2.45, 2.75) is 45.2 Å². The molecule has 1 aliphatic carbocycles. The zero-order valence-corrected chi connectivity index (χ0v) is 9.07. The van der Waals surface area contributed by atoms with Crippen LogP contribution in [0, 0.1) is 11.8 Å². The van der Waals surface area contributed by atoms with Crippen LogP contribution in [-0.4, -0.2) is 29.4 Å². The summed E-state index contributed by atoms with van der Waals surface area (Å²) < 4.78 is 0. The minimum absolute atomic E-state index is 0.141. The third kappa shape index (κ3) is 1.65. The lowest BCUT2D eigenvalue weighted by Crippen LogP contribution is -2.47. The molecular weight excluding hydrogens is 176 g/mol. The molecular formula is C11H20N2O. The van der Waals surface area contributed by atoms with Crippen molar-refractivity contribution in [3.8, 4) is 0 Å². The van der Waals surface area contributed by atoms with Crippen molar-refractivity contribution in [1.82, 2.24) is 4.90 Å². The van der Waals surface area contributed by atoms with E-state index in [1.807, 2.05) is 4.90 Å². The van der Waals surface area contributed by atoms with E-state index in [1.165, 1.54) is 6.42 Å². The average Bonchev–Trinajstić information content (AvgIpc) is 2.87. The Bertz CT molecular complexity index is 241. The van der Waals surface area contributed by atoms with E-state index >= 15 is 0 Å². The molecule has 0 radical (unpaired) electrons. The minimum Gasteiger partial charge on any atom is -0.339 e. The zero-order valence-electron chi connectivity index (χ0n) is 9.07. The number of nitrogens with two attached hydrogens (primary N) is 1. The van der Waals surface area contributed by atoms with Gasteiger partial charge in [-0.2, -0.15) is 0 Å². The third-order valence-electron chi connectivity index (χ3n) is 3.81. The minimum atomic E-state index is 0.141. The number of amides is 1. The van der Waals surface area contributed by atoms with Crippen molar-refractivity contribution >= 4 is 5.91 Å². The van der Waals surface area contributed by atoms with E-state index in [2.05, 4.69) is 13.8 Å². The van der Waals surface area contributed by atoms with Crippen LogP contribution in [0.2, 0.25) is 0 Å². The van der Waals surface area contributed by atoms with Gasteiger partial charge in [-0.1, -0.05) is 6.92 Å². The maximum atomic E-state index is 12.0. The van der Waals surface area contributed by atoms with E-state index in [-0.39, 0.29) is 12.0 Å². The first-order valence-corrected chi connectivity index (χ1v) is 5.67. The van der Waals surface area contributed by atoms with Gasteiger partial charge in [-0.3, -0.25) is 4.79 Å². The highest BCUT2D eigenvalue weighted by Gasteiger charge is 2.44. The predicted molar refractivity (Wildman–Crippen MR) is 55.7 cm³/mol. The Balaban J connectivity index is 1.98. The first-order chi connectivity index (χ1) is 6.61. The third-order valence-corrected chi connectivity index (χ3v) is 3.81. The fourth-order valence-electron chi connectivity index (χ4n) is 2.36. The fourth-order valence-corrected chi connectivity index (χ4v) is 2.36. The molecule has 0 aromatic carbocycles. The molecule has 2 N–H and O–H groups in total. The Hall–Kier alpha value is -0.570. The molecule has 1 heterocycles. The number of hydrogen-bond acceptors (Lipinski definition) is 2. The zero-order chi connectivity index (χ0) is 10.3. The Morgan fingerprint density at radius 1 is 1.43 bits per heavy atom. The Morgan fingerprint density at radius 3 is 2.64 bits per heavy atom. The van der Waals surface area contributed by atoms with Crippen LogP contribution < -0.4 is 5.73 Å². The number of carbonyl (C=O) groups excluding carboxylic acids is 1. The second-order valence-corrected chi connectivity index (χ2v) is 4.90. The summed E-state index contributed by atoms with van der Waals surface area (Å²) in [5.41, 5.74) is 5.71. The van der Waals surface area contributed by atoms with E-state index in [1.54, 1.807) is 0 Å². The van der Waals surface area contributed by atoms with E-state index in [0.717, 1.165) is 19.4 Å². The average molecular weight is 196 g/mol. The molecule has 2 rings (SSSR count). The first kappa shape index (κ1) is 9.97. The van der Waals surface area contributed by atoms with Crippen LogP contribution in [0.15, 0.2) is 0 Å². The lowest BCUT2D eigenvalue weighted by molar-refractivity contribution is -0.137. The standard InChI is InChI=1S/C11H20N2O/c1-7-4-3-5-13(8(7)2)11(14)9-6-10(9)12/h7-10H,3-6,12H2,1-2H3. The van der Waals surface area contributed by atoms with Gasteiger partial charge in [0.1, 0.15) is 0 Å². The topological polar surface area (TPSA) is 46.3 Å². The van der Waals surface area contributed by atoms with Crippen molar-refractivity contribution in [3.63, 3.8) is 0 Å². The van der Waals surface area contributed by atoms with Crippen LogP contribution in [0.3, 0.4) is 0 Å². The van der Waals surface area contributed by atoms with Crippen LogP contribution in [0.1, 0.15) is 33.1 Å². The summed E-state index contributed by atoms with van der Waals surface area (Å²) in [6.45, 7) is 5.33. The van der Waals surface area contributed by atoms with Crippen LogP contribution in [0.25, 0.3) is 0 Å². The molecule has 1 saturated heterocycles. The summed E-state index contributed by atoms with van der Waals surface area (Å²) in [7, 11) is 0. The Labute approximate surface area is 85.6 Å². The number of hydrogen-bond donors (Lipinski definition) is 1. The lowest BCUT2D eigenvalue weighted by Gasteiger charge is -2.38. The summed E-state index contributed by atoms with van der Waals surface area (Å²) in [5, 5.41) is 0. The number of carbonyl (C=O) groups is 1. The smallest absolute Gasteiger partial charge is 0.227 e. The summed E-state index contributed by atoms with van der Waals surface area (Å²) in [6, 6.07) is 0.552. The van der Waals surface area contributed by atoms with E-state index in [0.29, 0.717) is 17.9 Å². The predicted octanol–water partition coefficient (Wildman–Crippen LogP) is 0.981. The van der Waals surface area contributed by atoms with Gasteiger partial charge in [0.25, 0.3) is 0 Å². The molecule has 2 fully saturated rings. The van der Waals surface area contributed by atoms with E-state index < -0.39 is 0 Å². The van der Waals surface area contributed by atoms with Gasteiger partial charge in [0, 0.05) is 18.6 Å². The lowest BCUT2D eigenvalue weighted by atomic mass is 9.92. The molecule has 4 unspecified atom stereocenters. The molecule has 1 saturated carbocycles. The number of piperidine rings is 1. The molecule has 80 valence electrons. The van der Waals surface area contributed by atoms with Crippen molar-refractivity contribution < 1.29 is 4.79 Å². The van der Waals surface area contributed by atoms with Crippen molar-refractivity contribution in [1.29, 1.82) is 0 Å². The second kappa shape index (κ2) is 3.54. The van der Waals surface area contributed by atoms with Crippen molar-refractivity contribution in [3.05, 3.63) is 0 Å². The highest BCUT2D eigenvalue weighted by molar-refractivity contribution is 5.82. The maximum Gasteiger partial charge on any atom is 0.227 e. The fraction of sp³-hybridized carbons (Fsp3) is 0.909. The number of likely N-dealkylation sites (tertiary alicyclic amines) is 1. The Kier molecular flexibility index (Phi) is 2.52. The number of rotatable bonds is 1. The summed E-state index contributed by atoms with van der Waals surface area (Å²) in [4.78, 5) is 14.0. The van der Waals surface area contributed by atoms with Gasteiger partial charge in [0.15, 0.2) is 0 Å². The molecule has 0 aromatic heterocycles. The van der Waals surface area contributed by atoms with Crippen LogP contribution in [-0.2, 0) is 4.79 Å². The van der Waals surface area contributed by atoms with Crippen molar-refractivity contribution in [2.24, 2.45) is 17.6 Å². The summed E-state index contributed by atoms with van der Waals surface area (Å²) in [5.74, 6) is 1.09. The molecule has 3 heteroatoms. The van der Waals surface area contributed by atoms with Gasteiger partial charge in [0.05, 0.1) is 5.92 Å². The molecule has 0 aromatic rings. The molecule has 1 aliphatic heterocycles. The van der Waals surface area contributed by atoms with Crippen LogP contribution in [0.5, 0.6) is 0 Å². The molecule has 14 heavy (non-hydrogen) atoms. The maximum absolute atomic E-state index is 12.0. The normalized spacial score (nSPS) is 42.4. The molecule has 1 amide bonds. The molecule has 3 nitrogen and oxygen atoms in total. The summed E-state index contributed by atoms with van der Waals surface area (Å²) >= 11 is 0. The van der Waals surface area contributed by atoms with Gasteiger partial charge in [-0.05, 0) is 32.1 Å². The highest BCUT2D eigenvalue weighted by atomic mass is 16.2. The largest absolute Gasteiger partial charge is 0.339 e. The molecule has 2 aliphatic rings. The first-order valence-electron chi connectivity index (χ1n) is 5.67. The second-order valence-electron chi connectivity index (χ2n) is 4.90. The van der Waals surface area contributed by atoms with Crippen LogP contribution >= 0.6 is 0 Å². The highest BCUT2D eigenvalue weighted by Crippen LogP contribution is 2.33. The SMILES string of the molecule is CC1CCCN(C(=O)C2CC2N)C1C. The van der Waals surface area contributed by atoms with Gasteiger partial charge in [0.2, 0.25) is 5.91 Å². The molecule has 0 bridgehead atoms. The monoisotopic (exact) mass is 196 g/mol. The van der Waals surface area contributed by atoms with Gasteiger partial charge in [-0.25, -0.2) is 0 Å². The Morgan fingerprint density at radius 2 is 2.07 bits per heavy atom. The van der Waals surface area contributed by atoms with Gasteiger partial charge in [-0.15, -0.1) is 0 Å². The van der Waals surface area contributed by atoms with Crippen molar-refractivity contribution in [2.75, 3.05) is 6.54 Å². The van der Waals surface area contributed by atoms with E-state index in [4.69, 9.17) is 5.73 Å². The van der Waals surface area contributed by atoms with Gasteiger partial charge >= 0.3 is 0 Å².